The summed E-state index contributed by atoms with van der Waals surface area (Å²) >= 11 is 0. The van der Waals surface area contributed by atoms with Gasteiger partial charge < -0.3 is 15.0 Å². The number of hydrogen-bond acceptors (Lipinski definition) is 3. The van der Waals surface area contributed by atoms with Crippen molar-refractivity contribution in [3.8, 4) is 5.75 Å². The molecular formula is C14H19FN2O2. The van der Waals surface area contributed by atoms with E-state index < -0.39 is 0 Å². The average molecular weight is 266 g/mol. The maximum Gasteiger partial charge on any atom is 0.234 e. The Bertz CT molecular complexity index is 463. The fourth-order valence-corrected chi connectivity index (χ4v) is 2.25. The first-order valence-corrected chi connectivity index (χ1v) is 6.43. The van der Waals surface area contributed by atoms with Gasteiger partial charge in [0.25, 0.3) is 0 Å². The highest BCUT2D eigenvalue weighted by atomic mass is 19.1. The number of para-hydroxylation sites is 1. The van der Waals surface area contributed by atoms with Gasteiger partial charge in [0.1, 0.15) is 0 Å². The van der Waals surface area contributed by atoms with E-state index in [1.54, 1.807) is 11.0 Å². The lowest BCUT2D eigenvalue weighted by atomic mass is 10.0. The molecule has 1 N–H and O–H groups in total. The highest BCUT2D eigenvalue weighted by Gasteiger charge is 2.23. The fraction of sp³-hybridized carbons (Fsp3) is 0.500. The number of halogens is 1. The Kier molecular flexibility index (Phi) is 4.37. The number of carbonyl (C=O) groups excluding carboxylic acids is 1. The molecule has 1 aliphatic rings. The van der Waals surface area contributed by atoms with Gasteiger partial charge in [-0.25, -0.2) is 4.39 Å². The monoisotopic (exact) mass is 266 g/mol. The van der Waals surface area contributed by atoms with Crippen LogP contribution in [0.5, 0.6) is 5.75 Å². The molecule has 0 bridgehead atoms. The topological polar surface area (TPSA) is 41.6 Å². The molecule has 1 aromatic carbocycles. The Morgan fingerprint density at radius 2 is 2.32 bits per heavy atom. The molecule has 0 aliphatic carbocycles. The minimum Gasteiger partial charge on any atom is -0.490 e. The third-order valence-electron chi connectivity index (χ3n) is 3.05. The first kappa shape index (κ1) is 13.8. The number of benzene rings is 1. The largest absolute Gasteiger partial charge is 0.490 e. The molecular weight excluding hydrogens is 247 g/mol. The van der Waals surface area contributed by atoms with Crippen molar-refractivity contribution in [1.29, 1.82) is 0 Å². The lowest BCUT2D eigenvalue weighted by molar-refractivity contribution is -0.122. The standard InChI is InChI=1S/C14H19FN2O2/c1-17(2)9-13(18)16-12-7-4-8-19-14-10(12)5-3-6-11(14)15/h3,5-6,12H,4,7-9H2,1-2H3,(H,16,18). The fourth-order valence-electron chi connectivity index (χ4n) is 2.25. The van der Waals surface area contributed by atoms with Gasteiger partial charge in [0, 0.05) is 5.56 Å². The number of fused-ring (bicyclic) bond motifs is 1. The number of likely N-dealkylation sites (N-methyl/N-ethyl adjacent to an activating group) is 1. The SMILES string of the molecule is CN(C)CC(=O)NC1CCCOc2c(F)cccc21. The molecule has 2 rings (SSSR count). The summed E-state index contributed by atoms with van der Waals surface area (Å²) in [7, 11) is 3.67. The first-order valence-electron chi connectivity index (χ1n) is 6.43. The maximum absolute atomic E-state index is 13.7. The molecule has 1 heterocycles. The van der Waals surface area contributed by atoms with Gasteiger partial charge in [-0.1, -0.05) is 12.1 Å². The predicted octanol–water partition coefficient (Wildman–Crippen LogP) is 1.72. The number of nitrogens with zero attached hydrogens (tertiary/aromatic N) is 1. The maximum atomic E-state index is 13.7. The molecule has 0 spiro atoms. The van der Waals surface area contributed by atoms with Crippen LogP contribution < -0.4 is 10.1 Å². The highest BCUT2D eigenvalue weighted by Crippen LogP contribution is 2.33. The number of hydrogen-bond donors (Lipinski definition) is 1. The van der Waals surface area contributed by atoms with Gasteiger partial charge in [-0.15, -0.1) is 0 Å². The van der Waals surface area contributed by atoms with Crippen molar-refractivity contribution in [1.82, 2.24) is 10.2 Å². The van der Waals surface area contributed by atoms with E-state index in [9.17, 15) is 9.18 Å². The van der Waals surface area contributed by atoms with Crippen molar-refractivity contribution in [3.05, 3.63) is 29.6 Å². The van der Waals surface area contributed by atoms with E-state index in [2.05, 4.69) is 5.32 Å². The van der Waals surface area contributed by atoms with Crippen LogP contribution in [-0.4, -0.2) is 38.1 Å². The van der Waals surface area contributed by atoms with E-state index >= 15 is 0 Å². The summed E-state index contributed by atoms with van der Waals surface area (Å²) in [6, 6.07) is 4.65. The Morgan fingerprint density at radius 1 is 1.53 bits per heavy atom. The van der Waals surface area contributed by atoms with E-state index in [4.69, 9.17) is 4.74 Å². The number of rotatable bonds is 3. The van der Waals surface area contributed by atoms with Crippen molar-refractivity contribution < 1.29 is 13.9 Å². The zero-order valence-electron chi connectivity index (χ0n) is 11.3. The minimum atomic E-state index is -0.369. The molecule has 1 aromatic rings. The van der Waals surface area contributed by atoms with Crippen LogP contribution in [0.4, 0.5) is 4.39 Å². The number of amides is 1. The second-order valence-electron chi connectivity index (χ2n) is 5.01. The van der Waals surface area contributed by atoms with Crippen LogP contribution >= 0.6 is 0 Å². The molecule has 1 amide bonds. The molecule has 0 radical (unpaired) electrons. The van der Waals surface area contributed by atoms with Crippen LogP contribution in [0.15, 0.2) is 18.2 Å². The second-order valence-corrected chi connectivity index (χ2v) is 5.01. The second kappa shape index (κ2) is 6.02. The summed E-state index contributed by atoms with van der Waals surface area (Å²) in [5.41, 5.74) is 0.726. The van der Waals surface area contributed by atoms with Crippen molar-refractivity contribution in [2.24, 2.45) is 0 Å². The molecule has 0 saturated carbocycles. The van der Waals surface area contributed by atoms with Crippen LogP contribution in [0.2, 0.25) is 0 Å². The lowest BCUT2D eigenvalue weighted by Gasteiger charge is -2.19. The molecule has 1 atom stereocenters. The van der Waals surface area contributed by atoms with Gasteiger partial charge in [0.15, 0.2) is 11.6 Å². The molecule has 104 valence electrons. The van der Waals surface area contributed by atoms with Crippen molar-refractivity contribution in [2.45, 2.75) is 18.9 Å². The van der Waals surface area contributed by atoms with Gasteiger partial charge >= 0.3 is 0 Å². The Balaban J connectivity index is 2.18. The predicted molar refractivity (Wildman–Crippen MR) is 70.6 cm³/mol. The van der Waals surface area contributed by atoms with Crippen LogP contribution in [0.1, 0.15) is 24.4 Å². The highest BCUT2D eigenvalue weighted by molar-refractivity contribution is 5.78. The van der Waals surface area contributed by atoms with Crippen LogP contribution in [0.25, 0.3) is 0 Å². The summed E-state index contributed by atoms with van der Waals surface area (Å²) in [5.74, 6) is -0.159. The molecule has 19 heavy (non-hydrogen) atoms. The zero-order valence-corrected chi connectivity index (χ0v) is 11.3. The first-order chi connectivity index (χ1) is 9.08. The van der Waals surface area contributed by atoms with Crippen molar-refractivity contribution in [3.63, 3.8) is 0 Å². The quantitative estimate of drug-likeness (QED) is 0.905. The van der Waals surface area contributed by atoms with Crippen LogP contribution in [-0.2, 0) is 4.79 Å². The van der Waals surface area contributed by atoms with Crippen molar-refractivity contribution in [2.75, 3.05) is 27.2 Å². The number of carbonyl (C=O) groups is 1. The molecule has 1 unspecified atom stereocenters. The summed E-state index contributed by atoms with van der Waals surface area (Å²) in [6.07, 6.45) is 1.55. The molecule has 0 fully saturated rings. The zero-order chi connectivity index (χ0) is 13.8. The van der Waals surface area contributed by atoms with Gasteiger partial charge in [-0.05, 0) is 33.0 Å². The van der Waals surface area contributed by atoms with E-state index in [0.29, 0.717) is 13.2 Å². The van der Waals surface area contributed by atoms with E-state index in [1.807, 2.05) is 20.2 Å². The molecule has 0 saturated heterocycles. The van der Waals surface area contributed by atoms with E-state index in [-0.39, 0.29) is 23.5 Å². The summed E-state index contributed by atoms with van der Waals surface area (Å²) in [5, 5.41) is 2.95. The third-order valence-corrected chi connectivity index (χ3v) is 3.05. The van der Waals surface area contributed by atoms with Crippen LogP contribution in [0, 0.1) is 5.82 Å². The summed E-state index contributed by atoms with van der Waals surface area (Å²) in [4.78, 5) is 13.6. The van der Waals surface area contributed by atoms with Gasteiger partial charge in [0.2, 0.25) is 5.91 Å². The molecule has 5 heteroatoms. The van der Waals surface area contributed by atoms with Crippen molar-refractivity contribution >= 4 is 5.91 Å². The Morgan fingerprint density at radius 3 is 3.05 bits per heavy atom. The number of ether oxygens (including phenoxy) is 1. The minimum absolute atomic E-state index is 0.0629. The number of nitrogens with one attached hydrogen (secondary N) is 1. The Hall–Kier alpha value is -1.62. The molecule has 4 nitrogen and oxygen atoms in total. The third kappa shape index (κ3) is 3.44. The molecule has 1 aliphatic heterocycles. The smallest absolute Gasteiger partial charge is 0.234 e. The normalized spacial score (nSPS) is 18.4. The Labute approximate surface area is 112 Å². The van der Waals surface area contributed by atoms with Gasteiger partial charge in [0.05, 0.1) is 19.2 Å². The molecule has 0 aromatic heterocycles. The summed E-state index contributed by atoms with van der Waals surface area (Å²) in [6.45, 7) is 0.802. The van der Waals surface area contributed by atoms with E-state index in [1.165, 1.54) is 6.07 Å². The lowest BCUT2D eigenvalue weighted by Crippen LogP contribution is -2.35. The van der Waals surface area contributed by atoms with Crippen LogP contribution in [0.3, 0.4) is 0 Å². The van der Waals surface area contributed by atoms with Gasteiger partial charge in [-0.3, -0.25) is 4.79 Å². The average Bonchev–Trinajstić information content (AvgIpc) is 2.52. The summed E-state index contributed by atoms with van der Waals surface area (Å²) < 4.78 is 19.2. The van der Waals surface area contributed by atoms with E-state index in [0.717, 1.165) is 18.4 Å². The van der Waals surface area contributed by atoms with Gasteiger partial charge in [-0.2, -0.15) is 0 Å².